The Bertz CT molecular complexity index is 1010. The number of amides is 1. The second kappa shape index (κ2) is 8.14. The summed E-state index contributed by atoms with van der Waals surface area (Å²) in [5, 5.41) is 16.0. The molecule has 1 aliphatic rings. The average molecular weight is 396 g/mol. The number of benzene rings is 1. The van der Waals surface area contributed by atoms with Crippen LogP contribution < -0.4 is 10.2 Å². The highest BCUT2D eigenvalue weighted by molar-refractivity contribution is 5.79. The fraction of sp³-hybridized carbons (Fsp3) is 0.429. The molecule has 0 radical (unpaired) electrons. The van der Waals surface area contributed by atoms with Crippen LogP contribution in [0.2, 0.25) is 0 Å². The van der Waals surface area contributed by atoms with Crippen LogP contribution in [0.5, 0.6) is 0 Å². The molecule has 1 unspecified atom stereocenters. The predicted molar refractivity (Wildman–Crippen MR) is 109 cm³/mol. The monoisotopic (exact) mass is 396 g/mol. The molecule has 0 bridgehead atoms. The summed E-state index contributed by atoms with van der Waals surface area (Å²) in [7, 11) is 0. The third-order valence-electron chi connectivity index (χ3n) is 5.55. The zero-order chi connectivity index (χ0) is 20.4. The van der Waals surface area contributed by atoms with Gasteiger partial charge in [0.25, 0.3) is 0 Å². The SMILES string of the molecule is CCC(C)NC(=O)C1CCN(c2ccc3nnc(-c4ccccc4F)n3n2)CC1. The number of carbonyl (C=O) groups excluding carboxylic acids is 1. The van der Waals surface area contributed by atoms with Crippen molar-refractivity contribution in [2.45, 2.75) is 39.2 Å². The van der Waals surface area contributed by atoms with Gasteiger partial charge in [-0.1, -0.05) is 19.1 Å². The number of nitrogens with zero attached hydrogens (tertiary/aromatic N) is 5. The molecule has 2 aromatic heterocycles. The highest BCUT2D eigenvalue weighted by atomic mass is 19.1. The summed E-state index contributed by atoms with van der Waals surface area (Å²) in [6, 6.07) is 10.4. The molecule has 29 heavy (non-hydrogen) atoms. The van der Waals surface area contributed by atoms with E-state index in [4.69, 9.17) is 0 Å². The molecule has 0 aliphatic carbocycles. The van der Waals surface area contributed by atoms with Crippen molar-refractivity contribution in [2.24, 2.45) is 5.92 Å². The Morgan fingerprint density at radius 3 is 2.69 bits per heavy atom. The Kier molecular flexibility index (Phi) is 5.42. The molecule has 0 spiro atoms. The first-order valence-electron chi connectivity index (χ1n) is 10.1. The van der Waals surface area contributed by atoms with Crippen molar-refractivity contribution in [3.63, 3.8) is 0 Å². The van der Waals surface area contributed by atoms with E-state index >= 15 is 0 Å². The summed E-state index contributed by atoms with van der Waals surface area (Å²) in [5.41, 5.74) is 0.930. The van der Waals surface area contributed by atoms with Crippen LogP contribution in [0.4, 0.5) is 10.2 Å². The van der Waals surface area contributed by atoms with Gasteiger partial charge in [-0.25, -0.2) is 4.39 Å². The standard InChI is InChI=1S/C21H25FN6O/c1-3-14(2)23-21(29)15-10-12-27(13-11-15)19-9-8-18-24-25-20(28(18)26-19)16-6-4-5-7-17(16)22/h4-9,14-15H,3,10-13H2,1-2H3,(H,23,29). The van der Waals surface area contributed by atoms with Gasteiger partial charge < -0.3 is 10.2 Å². The van der Waals surface area contributed by atoms with Crippen molar-refractivity contribution >= 4 is 17.4 Å². The lowest BCUT2D eigenvalue weighted by Crippen LogP contribution is -2.43. The fourth-order valence-corrected chi connectivity index (χ4v) is 3.59. The van der Waals surface area contributed by atoms with Crippen LogP contribution in [-0.4, -0.2) is 44.8 Å². The number of rotatable bonds is 5. The number of piperidine rings is 1. The van der Waals surface area contributed by atoms with Crippen LogP contribution in [0.1, 0.15) is 33.1 Å². The van der Waals surface area contributed by atoms with Gasteiger partial charge in [0.15, 0.2) is 11.5 Å². The van der Waals surface area contributed by atoms with Gasteiger partial charge in [-0.05, 0) is 50.5 Å². The molecule has 1 atom stereocenters. The first-order valence-corrected chi connectivity index (χ1v) is 10.1. The summed E-state index contributed by atoms with van der Waals surface area (Å²) in [6.07, 6.45) is 2.49. The average Bonchev–Trinajstić information content (AvgIpc) is 3.17. The molecular weight excluding hydrogens is 371 g/mol. The van der Waals surface area contributed by atoms with Gasteiger partial charge in [0.05, 0.1) is 5.56 Å². The molecular formula is C21H25FN6O. The molecule has 1 saturated heterocycles. The smallest absolute Gasteiger partial charge is 0.223 e. The second-order valence-corrected chi connectivity index (χ2v) is 7.54. The summed E-state index contributed by atoms with van der Waals surface area (Å²) >= 11 is 0. The van der Waals surface area contributed by atoms with Gasteiger partial charge in [0, 0.05) is 25.0 Å². The fourth-order valence-electron chi connectivity index (χ4n) is 3.59. The van der Waals surface area contributed by atoms with Crippen molar-refractivity contribution < 1.29 is 9.18 Å². The number of anilines is 1. The number of fused-ring (bicyclic) bond motifs is 1. The number of halogens is 1. The first-order chi connectivity index (χ1) is 14.1. The van der Waals surface area contributed by atoms with Crippen molar-refractivity contribution in [1.82, 2.24) is 25.1 Å². The number of nitrogens with one attached hydrogen (secondary N) is 1. The van der Waals surface area contributed by atoms with E-state index in [1.165, 1.54) is 6.07 Å². The Balaban J connectivity index is 1.52. The summed E-state index contributed by atoms with van der Waals surface area (Å²) < 4.78 is 15.8. The molecule has 3 aromatic rings. The third kappa shape index (κ3) is 3.92. The zero-order valence-corrected chi connectivity index (χ0v) is 16.7. The quantitative estimate of drug-likeness (QED) is 0.717. The Morgan fingerprint density at radius 2 is 1.97 bits per heavy atom. The topological polar surface area (TPSA) is 75.4 Å². The molecule has 1 aromatic carbocycles. The van der Waals surface area contributed by atoms with Crippen LogP contribution in [0.25, 0.3) is 17.0 Å². The third-order valence-corrected chi connectivity index (χ3v) is 5.55. The van der Waals surface area contributed by atoms with E-state index in [0.29, 0.717) is 17.0 Å². The van der Waals surface area contributed by atoms with E-state index in [9.17, 15) is 9.18 Å². The predicted octanol–water partition coefficient (Wildman–Crippen LogP) is 3.06. The summed E-state index contributed by atoms with van der Waals surface area (Å²) in [4.78, 5) is 14.5. The lowest BCUT2D eigenvalue weighted by molar-refractivity contribution is -0.126. The maximum Gasteiger partial charge on any atom is 0.223 e. The van der Waals surface area contributed by atoms with E-state index in [2.05, 4.69) is 32.4 Å². The van der Waals surface area contributed by atoms with Gasteiger partial charge in [-0.15, -0.1) is 15.3 Å². The number of hydrogen-bond donors (Lipinski definition) is 1. The van der Waals surface area contributed by atoms with Gasteiger partial charge in [0.2, 0.25) is 5.91 Å². The van der Waals surface area contributed by atoms with Crippen molar-refractivity contribution in [1.29, 1.82) is 0 Å². The molecule has 152 valence electrons. The molecule has 0 saturated carbocycles. The van der Waals surface area contributed by atoms with E-state index in [1.54, 1.807) is 22.7 Å². The second-order valence-electron chi connectivity index (χ2n) is 7.54. The van der Waals surface area contributed by atoms with Gasteiger partial charge in [-0.3, -0.25) is 4.79 Å². The van der Waals surface area contributed by atoms with Crippen LogP contribution in [0.3, 0.4) is 0 Å². The van der Waals surface area contributed by atoms with Crippen molar-refractivity contribution in [2.75, 3.05) is 18.0 Å². The maximum absolute atomic E-state index is 14.2. The van der Waals surface area contributed by atoms with Crippen LogP contribution in [0.15, 0.2) is 36.4 Å². The highest BCUT2D eigenvalue weighted by Crippen LogP contribution is 2.25. The van der Waals surface area contributed by atoms with E-state index in [-0.39, 0.29) is 23.7 Å². The minimum Gasteiger partial charge on any atom is -0.355 e. The first kappa shape index (κ1) is 19.3. The molecule has 3 heterocycles. The Labute approximate surface area is 168 Å². The lowest BCUT2D eigenvalue weighted by atomic mass is 9.95. The van der Waals surface area contributed by atoms with Crippen molar-refractivity contribution in [3.8, 4) is 11.4 Å². The van der Waals surface area contributed by atoms with Crippen LogP contribution in [-0.2, 0) is 4.79 Å². The van der Waals surface area contributed by atoms with Crippen molar-refractivity contribution in [3.05, 3.63) is 42.2 Å². The molecule has 1 fully saturated rings. The van der Waals surface area contributed by atoms with Gasteiger partial charge in [0.1, 0.15) is 11.6 Å². The number of carbonyl (C=O) groups is 1. The normalized spacial score (nSPS) is 16.2. The molecule has 4 rings (SSSR count). The number of hydrogen-bond acceptors (Lipinski definition) is 5. The lowest BCUT2D eigenvalue weighted by Gasteiger charge is -2.32. The maximum atomic E-state index is 14.2. The van der Waals surface area contributed by atoms with E-state index in [1.807, 2.05) is 19.1 Å². The Morgan fingerprint density at radius 1 is 1.21 bits per heavy atom. The highest BCUT2D eigenvalue weighted by Gasteiger charge is 2.26. The molecule has 1 amide bonds. The van der Waals surface area contributed by atoms with Gasteiger partial charge in [-0.2, -0.15) is 4.52 Å². The molecule has 7 nitrogen and oxygen atoms in total. The van der Waals surface area contributed by atoms with E-state index in [0.717, 1.165) is 38.2 Å². The number of aromatic nitrogens is 4. The minimum atomic E-state index is -0.359. The van der Waals surface area contributed by atoms with Crippen LogP contribution >= 0.6 is 0 Å². The molecule has 8 heteroatoms. The van der Waals surface area contributed by atoms with Gasteiger partial charge >= 0.3 is 0 Å². The Hall–Kier alpha value is -3.03. The van der Waals surface area contributed by atoms with Crippen LogP contribution in [0, 0.1) is 11.7 Å². The van der Waals surface area contributed by atoms with E-state index < -0.39 is 0 Å². The summed E-state index contributed by atoms with van der Waals surface area (Å²) in [6.45, 7) is 5.58. The largest absolute Gasteiger partial charge is 0.355 e. The zero-order valence-electron chi connectivity index (χ0n) is 16.7. The molecule has 1 aliphatic heterocycles. The minimum absolute atomic E-state index is 0.0351. The molecule has 1 N–H and O–H groups in total. The summed E-state index contributed by atoms with van der Waals surface area (Å²) in [5.74, 6) is 0.969.